The fourth-order valence-electron chi connectivity index (χ4n) is 3.20. The summed E-state index contributed by atoms with van der Waals surface area (Å²) in [5, 5.41) is 10.2. The Hall–Kier alpha value is -2.15. The van der Waals surface area contributed by atoms with Gasteiger partial charge in [-0.15, -0.1) is 0 Å². The van der Waals surface area contributed by atoms with Gasteiger partial charge in [0.2, 0.25) is 0 Å². The SMILES string of the molecule is Cc1cc(Br)c(O)c(C(=O)N2CCN(c3cc(C)nc(C(C)C)n3)CC2)c1. The van der Waals surface area contributed by atoms with Gasteiger partial charge in [0, 0.05) is 43.9 Å². The third kappa shape index (κ3) is 4.24. The van der Waals surface area contributed by atoms with Crippen molar-refractivity contribution >= 4 is 27.7 Å². The third-order valence-corrected chi connectivity index (χ3v) is 5.31. The number of amides is 1. The van der Waals surface area contributed by atoms with E-state index >= 15 is 0 Å². The molecule has 0 atom stereocenters. The zero-order valence-electron chi connectivity index (χ0n) is 16.2. The molecule has 1 fully saturated rings. The number of phenols is 1. The highest BCUT2D eigenvalue weighted by Gasteiger charge is 2.26. The molecule has 3 rings (SSSR count). The molecule has 2 heterocycles. The molecule has 0 aliphatic carbocycles. The van der Waals surface area contributed by atoms with Gasteiger partial charge in [0.25, 0.3) is 5.91 Å². The fourth-order valence-corrected chi connectivity index (χ4v) is 3.78. The predicted octanol–water partition coefficient (Wildman–Crippen LogP) is 3.65. The van der Waals surface area contributed by atoms with Gasteiger partial charge in [-0.2, -0.15) is 0 Å². The van der Waals surface area contributed by atoms with E-state index in [4.69, 9.17) is 0 Å². The molecule has 0 unspecified atom stereocenters. The van der Waals surface area contributed by atoms with Gasteiger partial charge in [-0.1, -0.05) is 13.8 Å². The maximum absolute atomic E-state index is 12.9. The number of hydrogen-bond donors (Lipinski definition) is 1. The highest BCUT2D eigenvalue weighted by Crippen LogP contribution is 2.30. The number of aryl methyl sites for hydroxylation is 2. The smallest absolute Gasteiger partial charge is 0.257 e. The number of aromatic hydroxyl groups is 1. The average molecular weight is 433 g/mol. The second-order valence-electron chi connectivity index (χ2n) is 7.30. The lowest BCUT2D eigenvalue weighted by Gasteiger charge is -2.35. The molecule has 0 bridgehead atoms. The van der Waals surface area contributed by atoms with Crippen LogP contribution in [-0.2, 0) is 0 Å². The molecule has 0 saturated carbocycles. The van der Waals surface area contributed by atoms with E-state index in [0.29, 0.717) is 36.2 Å². The number of nitrogens with zero attached hydrogens (tertiary/aromatic N) is 4. The predicted molar refractivity (Wildman–Crippen MR) is 110 cm³/mol. The van der Waals surface area contributed by atoms with Gasteiger partial charge >= 0.3 is 0 Å². The summed E-state index contributed by atoms with van der Waals surface area (Å²) in [4.78, 5) is 26.0. The van der Waals surface area contributed by atoms with Crippen LogP contribution in [-0.4, -0.2) is 52.1 Å². The Kier molecular flexibility index (Phi) is 5.69. The van der Waals surface area contributed by atoms with E-state index in [1.54, 1.807) is 17.0 Å². The Balaban J connectivity index is 1.73. The van der Waals surface area contributed by atoms with Crippen molar-refractivity contribution in [2.75, 3.05) is 31.1 Å². The number of phenolic OH excluding ortho intramolecular Hbond substituents is 1. The summed E-state index contributed by atoms with van der Waals surface area (Å²) >= 11 is 3.31. The Morgan fingerprint density at radius 3 is 2.41 bits per heavy atom. The van der Waals surface area contributed by atoms with E-state index in [-0.39, 0.29) is 17.6 Å². The number of halogens is 1. The number of benzene rings is 1. The van der Waals surface area contributed by atoms with Gasteiger partial charge in [-0.3, -0.25) is 4.79 Å². The van der Waals surface area contributed by atoms with Crippen molar-refractivity contribution in [3.63, 3.8) is 0 Å². The Morgan fingerprint density at radius 1 is 1.11 bits per heavy atom. The molecule has 2 aromatic rings. The molecule has 1 aliphatic heterocycles. The summed E-state index contributed by atoms with van der Waals surface area (Å²) in [5.74, 6) is 1.89. The first-order chi connectivity index (χ1) is 12.8. The summed E-state index contributed by atoms with van der Waals surface area (Å²) in [6, 6.07) is 5.53. The van der Waals surface area contributed by atoms with Crippen LogP contribution in [0.2, 0.25) is 0 Å². The van der Waals surface area contributed by atoms with Crippen LogP contribution in [0.15, 0.2) is 22.7 Å². The molecule has 144 valence electrons. The molecular formula is C20H25BrN4O2. The van der Waals surface area contributed by atoms with Crippen molar-refractivity contribution in [1.29, 1.82) is 0 Å². The maximum atomic E-state index is 12.9. The number of aromatic nitrogens is 2. The average Bonchev–Trinajstić information content (AvgIpc) is 2.63. The summed E-state index contributed by atoms with van der Waals surface area (Å²) in [6.45, 7) is 10.6. The summed E-state index contributed by atoms with van der Waals surface area (Å²) in [6.07, 6.45) is 0. The molecule has 0 radical (unpaired) electrons. The van der Waals surface area contributed by atoms with E-state index in [1.807, 2.05) is 19.9 Å². The van der Waals surface area contributed by atoms with Crippen LogP contribution in [0.4, 0.5) is 5.82 Å². The summed E-state index contributed by atoms with van der Waals surface area (Å²) < 4.78 is 0.544. The monoisotopic (exact) mass is 432 g/mol. The molecule has 1 aromatic heterocycles. The number of hydrogen-bond acceptors (Lipinski definition) is 5. The van der Waals surface area contributed by atoms with E-state index < -0.39 is 0 Å². The largest absolute Gasteiger partial charge is 0.506 e. The fraction of sp³-hybridized carbons (Fsp3) is 0.450. The molecule has 0 spiro atoms. The van der Waals surface area contributed by atoms with E-state index in [0.717, 1.165) is 22.9 Å². The molecular weight excluding hydrogens is 408 g/mol. The number of rotatable bonds is 3. The molecule has 6 nitrogen and oxygen atoms in total. The van der Waals surface area contributed by atoms with E-state index in [9.17, 15) is 9.90 Å². The van der Waals surface area contributed by atoms with Crippen LogP contribution < -0.4 is 4.90 Å². The van der Waals surface area contributed by atoms with Crippen LogP contribution >= 0.6 is 15.9 Å². The molecule has 7 heteroatoms. The second-order valence-corrected chi connectivity index (χ2v) is 8.16. The van der Waals surface area contributed by atoms with E-state index in [2.05, 4.69) is 44.6 Å². The molecule has 1 saturated heterocycles. The number of carbonyl (C=O) groups excluding carboxylic acids is 1. The van der Waals surface area contributed by atoms with Gasteiger partial charge in [-0.05, 0) is 47.5 Å². The number of anilines is 1. The first kappa shape index (κ1) is 19.6. The second kappa shape index (κ2) is 7.84. The quantitative estimate of drug-likeness (QED) is 0.801. The van der Waals surface area contributed by atoms with Crippen LogP contribution in [0.5, 0.6) is 5.75 Å². The normalized spacial score (nSPS) is 14.7. The Bertz CT molecular complexity index is 861. The molecule has 27 heavy (non-hydrogen) atoms. The van der Waals surface area contributed by atoms with Gasteiger partial charge in [0.05, 0.1) is 10.0 Å². The van der Waals surface area contributed by atoms with Crippen molar-refractivity contribution in [3.8, 4) is 5.75 Å². The molecule has 1 aromatic carbocycles. The van der Waals surface area contributed by atoms with Gasteiger partial charge < -0.3 is 14.9 Å². The minimum Gasteiger partial charge on any atom is -0.506 e. The Morgan fingerprint density at radius 2 is 1.78 bits per heavy atom. The van der Waals surface area contributed by atoms with Crippen LogP contribution in [0, 0.1) is 13.8 Å². The van der Waals surface area contributed by atoms with Crippen molar-refractivity contribution in [2.45, 2.75) is 33.6 Å². The van der Waals surface area contributed by atoms with Crippen LogP contribution in [0.25, 0.3) is 0 Å². The first-order valence-electron chi connectivity index (χ1n) is 9.15. The molecule has 1 aliphatic rings. The minimum atomic E-state index is -0.140. The summed E-state index contributed by atoms with van der Waals surface area (Å²) in [5.41, 5.74) is 2.23. The van der Waals surface area contributed by atoms with Crippen LogP contribution in [0.3, 0.4) is 0 Å². The van der Waals surface area contributed by atoms with Crippen molar-refractivity contribution in [1.82, 2.24) is 14.9 Å². The zero-order chi connectivity index (χ0) is 19.7. The third-order valence-electron chi connectivity index (χ3n) is 4.70. The standard InChI is InChI=1S/C20H25BrN4O2/c1-12(2)19-22-14(4)11-17(23-19)24-5-7-25(8-6-24)20(27)15-9-13(3)10-16(21)18(15)26/h9-12,26H,5-8H2,1-4H3. The first-order valence-corrected chi connectivity index (χ1v) is 9.94. The zero-order valence-corrected chi connectivity index (χ0v) is 17.7. The van der Waals surface area contributed by atoms with Crippen molar-refractivity contribution in [2.24, 2.45) is 0 Å². The molecule has 1 amide bonds. The molecule has 1 N–H and O–H groups in total. The van der Waals surface area contributed by atoms with Crippen LogP contribution in [0.1, 0.15) is 47.2 Å². The number of carbonyl (C=O) groups is 1. The minimum absolute atomic E-state index is 0.000954. The lowest BCUT2D eigenvalue weighted by molar-refractivity contribution is 0.0743. The van der Waals surface area contributed by atoms with Gasteiger partial charge in [-0.25, -0.2) is 9.97 Å². The van der Waals surface area contributed by atoms with Gasteiger partial charge in [0.1, 0.15) is 17.4 Å². The summed E-state index contributed by atoms with van der Waals surface area (Å²) in [7, 11) is 0. The number of piperazine rings is 1. The van der Waals surface area contributed by atoms with Gasteiger partial charge in [0.15, 0.2) is 0 Å². The topological polar surface area (TPSA) is 69.6 Å². The Labute approximate surface area is 168 Å². The van der Waals surface area contributed by atoms with Crippen molar-refractivity contribution in [3.05, 3.63) is 45.3 Å². The van der Waals surface area contributed by atoms with Crippen molar-refractivity contribution < 1.29 is 9.90 Å². The maximum Gasteiger partial charge on any atom is 0.257 e. The lowest BCUT2D eigenvalue weighted by atomic mass is 10.1. The van der Waals surface area contributed by atoms with E-state index in [1.165, 1.54) is 0 Å². The highest BCUT2D eigenvalue weighted by atomic mass is 79.9. The lowest BCUT2D eigenvalue weighted by Crippen LogP contribution is -2.49. The highest BCUT2D eigenvalue weighted by molar-refractivity contribution is 9.10.